The molecule has 0 amide bonds. The summed E-state index contributed by atoms with van der Waals surface area (Å²) >= 11 is 1.55. The monoisotopic (exact) mass is 523 g/mol. The van der Waals surface area contributed by atoms with Gasteiger partial charge in [0.05, 0.1) is 23.4 Å². The number of halogens is 1. The van der Waals surface area contributed by atoms with Gasteiger partial charge in [0, 0.05) is 42.0 Å². The van der Waals surface area contributed by atoms with Crippen LogP contribution in [0.15, 0.2) is 83.3 Å². The van der Waals surface area contributed by atoms with Crippen molar-refractivity contribution in [3.05, 3.63) is 84.3 Å². The number of benzene rings is 2. The molecular formula is C25H22FN5O3S2. The van der Waals surface area contributed by atoms with Crippen LogP contribution < -0.4 is 14.8 Å². The van der Waals surface area contributed by atoms with Crippen molar-refractivity contribution in [3.63, 3.8) is 0 Å². The molecule has 3 heterocycles. The molecule has 8 nitrogen and oxygen atoms in total. The third-order valence-corrected chi connectivity index (χ3v) is 7.72. The molecule has 0 aliphatic rings. The minimum Gasteiger partial charge on any atom is -0.497 e. The number of thiazole rings is 1. The van der Waals surface area contributed by atoms with Gasteiger partial charge in [0.1, 0.15) is 17.4 Å². The highest BCUT2D eigenvalue weighted by Crippen LogP contribution is 2.35. The lowest BCUT2D eigenvalue weighted by molar-refractivity contribution is 0.415. The first kappa shape index (κ1) is 23.9. The van der Waals surface area contributed by atoms with Crippen LogP contribution in [-0.4, -0.2) is 43.0 Å². The fourth-order valence-corrected chi connectivity index (χ4v) is 5.53. The maximum absolute atomic E-state index is 13.1. The van der Waals surface area contributed by atoms with E-state index in [1.165, 1.54) is 12.1 Å². The smallest absolute Gasteiger partial charge is 0.240 e. The highest BCUT2D eigenvalue weighted by Gasteiger charge is 2.18. The lowest BCUT2D eigenvalue weighted by Gasteiger charge is -2.10. The van der Waals surface area contributed by atoms with Gasteiger partial charge in [-0.05, 0) is 48.5 Å². The molecule has 184 valence electrons. The summed E-state index contributed by atoms with van der Waals surface area (Å²) in [4.78, 5) is 10.1. The number of hydrogen-bond acceptors (Lipinski definition) is 7. The summed E-state index contributed by atoms with van der Waals surface area (Å²) in [7, 11) is -2.10. The van der Waals surface area contributed by atoms with Crippen molar-refractivity contribution < 1.29 is 17.5 Å². The molecular weight excluding hydrogens is 501 g/mol. The van der Waals surface area contributed by atoms with E-state index in [-0.39, 0.29) is 11.4 Å². The Hall–Kier alpha value is -3.80. The molecule has 0 fully saturated rings. The summed E-state index contributed by atoms with van der Waals surface area (Å²) in [6.45, 7) is 0.433. The maximum Gasteiger partial charge on any atom is 0.240 e. The minimum absolute atomic E-state index is 0.00890. The van der Waals surface area contributed by atoms with Crippen LogP contribution in [0.4, 0.5) is 10.2 Å². The lowest BCUT2D eigenvalue weighted by Crippen LogP contribution is -2.29. The predicted molar refractivity (Wildman–Crippen MR) is 138 cm³/mol. The summed E-state index contributed by atoms with van der Waals surface area (Å²) < 4.78 is 47.8. The van der Waals surface area contributed by atoms with E-state index >= 15 is 0 Å². The van der Waals surface area contributed by atoms with E-state index in [1.807, 2.05) is 52.4 Å². The van der Waals surface area contributed by atoms with Crippen molar-refractivity contribution in [2.75, 3.05) is 25.5 Å². The Morgan fingerprint density at radius 1 is 1.06 bits per heavy atom. The molecule has 36 heavy (non-hydrogen) atoms. The number of sulfonamides is 1. The van der Waals surface area contributed by atoms with Gasteiger partial charge in [-0.1, -0.05) is 12.1 Å². The van der Waals surface area contributed by atoms with Crippen LogP contribution >= 0.6 is 11.3 Å². The van der Waals surface area contributed by atoms with Crippen molar-refractivity contribution >= 4 is 32.1 Å². The van der Waals surface area contributed by atoms with Gasteiger partial charge in [-0.3, -0.25) is 4.40 Å². The van der Waals surface area contributed by atoms with Crippen LogP contribution in [0.25, 0.3) is 27.5 Å². The number of aromatic nitrogens is 3. The van der Waals surface area contributed by atoms with Gasteiger partial charge in [0.2, 0.25) is 10.0 Å². The SMILES string of the molecule is COc1cccc(-c2nc3sccn3c2-c2ccnc(NCCNS(=O)(=O)c3ccc(F)cc3)c2)c1. The van der Waals surface area contributed by atoms with Crippen LogP contribution in [0.5, 0.6) is 5.75 Å². The van der Waals surface area contributed by atoms with Gasteiger partial charge in [-0.25, -0.2) is 27.5 Å². The predicted octanol–water partition coefficient (Wildman–Crippen LogP) is 4.66. The van der Waals surface area contributed by atoms with Crippen LogP contribution in [0.1, 0.15) is 0 Å². The molecule has 0 spiro atoms. The van der Waals surface area contributed by atoms with Crippen molar-refractivity contribution in [2.45, 2.75) is 4.90 Å². The van der Waals surface area contributed by atoms with Crippen LogP contribution in [0.2, 0.25) is 0 Å². The molecule has 0 unspecified atom stereocenters. The molecule has 0 saturated carbocycles. The van der Waals surface area contributed by atoms with Gasteiger partial charge >= 0.3 is 0 Å². The van der Waals surface area contributed by atoms with E-state index in [2.05, 4.69) is 15.0 Å². The second kappa shape index (κ2) is 10.1. The third-order valence-electron chi connectivity index (χ3n) is 5.49. The van der Waals surface area contributed by atoms with E-state index in [4.69, 9.17) is 9.72 Å². The number of hydrogen-bond donors (Lipinski definition) is 2. The number of nitrogens with zero attached hydrogens (tertiary/aromatic N) is 3. The zero-order valence-corrected chi connectivity index (χ0v) is 20.8. The fourth-order valence-electron chi connectivity index (χ4n) is 3.78. The van der Waals surface area contributed by atoms with Crippen molar-refractivity contribution in [1.29, 1.82) is 0 Å². The molecule has 2 aromatic carbocycles. The van der Waals surface area contributed by atoms with Crippen LogP contribution in [0, 0.1) is 5.82 Å². The molecule has 0 radical (unpaired) electrons. The molecule has 0 aliphatic carbocycles. The largest absolute Gasteiger partial charge is 0.497 e. The van der Waals surface area contributed by atoms with Crippen molar-refractivity contribution in [2.24, 2.45) is 0 Å². The van der Waals surface area contributed by atoms with Crippen molar-refractivity contribution in [1.82, 2.24) is 19.1 Å². The Kier molecular flexibility index (Phi) is 6.68. The summed E-state index contributed by atoms with van der Waals surface area (Å²) in [5, 5.41) is 5.14. The van der Waals surface area contributed by atoms with E-state index < -0.39 is 15.8 Å². The van der Waals surface area contributed by atoms with Gasteiger partial charge in [0.25, 0.3) is 0 Å². The minimum atomic E-state index is -3.73. The van der Waals surface area contributed by atoms with E-state index in [9.17, 15) is 12.8 Å². The Morgan fingerprint density at radius 3 is 2.69 bits per heavy atom. The summed E-state index contributed by atoms with van der Waals surface area (Å²) in [6, 6.07) is 16.3. The van der Waals surface area contributed by atoms with Gasteiger partial charge < -0.3 is 10.1 Å². The zero-order valence-electron chi connectivity index (χ0n) is 19.2. The topological polar surface area (TPSA) is 97.6 Å². The van der Waals surface area contributed by atoms with Crippen molar-refractivity contribution in [3.8, 4) is 28.3 Å². The zero-order chi connectivity index (χ0) is 25.1. The molecule has 0 bridgehead atoms. The number of nitrogens with one attached hydrogen (secondary N) is 2. The summed E-state index contributed by atoms with van der Waals surface area (Å²) in [5.41, 5.74) is 3.58. The second-order valence-corrected chi connectivity index (χ2v) is 10.4. The average Bonchev–Trinajstić information content (AvgIpc) is 3.49. The van der Waals surface area contributed by atoms with Gasteiger partial charge in [0.15, 0.2) is 4.96 Å². The molecule has 2 N–H and O–H groups in total. The number of rotatable bonds is 9. The number of anilines is 1. The number of fused-ring (bicyclic) bond motifs is 1. The normalized spacial score (nSPS) is 11.6. The first-order valence-corrected chi connectivity index (χ1v) is 13.4. The molecule has 0 aliphatic heterocycles. The first-order valence-electron chi connectivity index (χ1n) is 11.0. The Morgan fingerprint density at radius 2 is 1.89 bits per heavy atom. The molecule has 3 aromatic heterocycles. The number of imidazole rings is 1. The molecule has 5 aromatic rings. The number of methoxy groups -OCH3 is 1. The quantitative estimate of drug-likeness (QED) is 0.273. The van der Waals surface area contributed by atoms with Gasteiger partial charge in [-0.2, -0.15) is 0 Å². The molecule has 11 heteroatoms. The molecule has 0 saturated heterocycles. The summed E-state index contributed by atoms with van der Waals surface area (Å²) in [6.07, 6.45) is 3.67. The first-order chi connectivity index (χ1) is 17.4. The molecule has 0 atom stereocenters. The standard InChI is InChI=1S/C25H22FN5O3S2/c1-34-20-4-2-3-17(15-20)23-24(31-13-14-35-25(31)30-23)18-9-10-27-22(16-18)28-11-12-29-36(32,33)21-7-5-19(26)6-8-21/h2-10,13-16,29H,11-12H2,1H3,(H,27,28). The Bertz CT molecular complexity index is 1610. The Balaban J connectivity index is 1.35. The highest BCUT2D eigenvalue weighted by atomic mass is 32.2. The van der Waals surface area contributed by atoms with Gasteiger partial charge in [-0.15, -0.1) is 11.3 Å². The van der Waals surface area contributed by atoms with Crippen LogP contribution in [-0.2, 0) is 10.0 Å². The van der Waals surface area contributed by atoms with E-state index in [0.29, 0.717) is 12.4 Å². The average molecular weight is 524 g/mol. The second-order valence-electron chi connectivity index (χ2n) is 7.80. The lowest BCUT2D eigenvalue weighted by atomic mass is 10.1. The Labute approximate surface area is 211 Å². The fraction of sp³-hybridized carbons (Fsp3) is 0.120. The molecule has 5 rings (SSSR count). The van der Waals surface area contributed by atoms with E-state index in [1.54, 1.807) is 24.6 Å². The number of ether oxygens (including phenoxy) is 1. The maximum atomic E-state index is 13.1. The van der Waals surface area contributed by atoms with E-state index in [0.717, 1.165) is 45.4 Å². The highest BCUT2D eigenvalue weighted by molar-refractivity contribution is 7.89. The van der Waals surface area contributed by atoms with Crippen LogP contribution in [0.3, 0.4) is 0 Å². The summed E-state index contributed by atoms with van der Waals surface area (Å²) in [5.74, 6) is 0.847. The third kappa shape index (κ3) is 4.94. The number of pyridine rings is 1.